The third-order valence-electron chi connectivity index (χ3n) is 4.37. The normalized spacial score (nSPS) is 21.4. The topological polar surface area (TPSA) is 69.6 Å². The first-order chi connectivity index (χ1) is 9.28. The molecule has 0 aliphatic carbocycles. The van der Waals surface area contributed by atoms with Crippen LogP contribution in [-0.4, -0.2) is 41.1 Å². The zero-order chi connectivity index (χ0) is 15.3. The molecule has 0 aromatic carbocycles. The number of hydrogen-bond donors (Lipinski definition) is 2. The maximum atomic E-state index is 12.2. The smallest absolute Gasteiger partial charge is 0.317 e. The molecule has 0 radical (unpaired) electrons. The number of aliphatic carboxylic acids is 1. The second-order valence-electron chi connectivity index (χ2n) is 6.45. The van der Waals surface area contributed by atoms with Crippen LogP contribution in [0, 0.1) is 11.3 Å². The third kappa shape index (κ3) is 4.12. The quantitative estimate of drug-likeness (QED) is 0.815. The van der Waals surface area contributed by atoms with Crippen molar-refractivity contribution in [2.24, 2.45) is 11.3 Å². The Morgan fingerprint density at radius 2 is 2.10 bits per heavy atom. The van der Waals surface area contributed by atoms with E-state index in [-0.39, 0.29) is 18.0 Å². The lowest BCUT2D eigenvalue weighted by Gasteiger charge is -2.39. The van der Waals surface area contributed by atoms with Gasteiger partial charge in [-0.3, -0.25) is 4.79 Å². The van der Waals surface area contributed by atoms with E-state index in [1.807, 2.05) is 6.92 Å². The van der Waals surface area contributed by atoms with Crippen LogP contribution in [0.5, 0.6) is 0 Å². The minimum Gasteiger partial charge on any atom is -0.481 e. The molecule has 1 rings (SSSR count). The zero-order valence-corrected chi connectivity index (χ0v) is 13.1. The van der Waals surface area contributed by atoms with Gasteiger partial charge in [0.15, 0.2) is 0 Å². The number of rotatable bonds is 5. The van der Waals surface area contributed by atoms with E-state index < -0.39 is 11.4 Å². The van der Waals surface area contributed by atoms with E-state index in [0.717, 1.165) is 32.2 Å². The van der Waals surface area contributed by atoms with Crippen LogP contribution in [0.15, 0.2) is 0 Å². The zero-order valence-electron chi connectivity index (χ0n) is 13.1. The first-order valence-corrected chi connectivity index (χ1v) is 7.57. The summed E-state index contributed by atoms with van der Waals surface area (Å²) >= 11 is 0. The summed E-state index contributed by atoms with van der Waals surface area (Å²) < 4.78 is 0. The Bertz CT molecular complexity index is 355. The van der Waals surface area contributed by atoms with E-state index in [0.29, 0.717) is 6.54 Å². The molecule has 116 valence electrons. The predicted molar refractivity (Wildman–Crippen MR) is 78.6 cm³/mol. The van der Waals surface area contributed by atoms with E-state index in [2.05, 4.69) is 12.2 Å². The summed E-state index contributed by atoms with van der Waals surface area (Å²) in [7, 11) is 0. The lowest BCUT2D eigenvalue weighted by molar-refractivity contribution is -0.151. The summed E-state index contributed by atoms with van der Waals surface area (Å²) in [6.45, 7) is 8.85. The van der Waals surface area contributed by atoms with Crippen LogP contribution >= 0.6 is 0 Å². The number of carbonyl (C=O) groups excluding carboxylic acids is 1. The van der Waals surface area contributed by atoms with Crippen molar-refractivity contribution in [3.8, 4) is 0 Å². The van der Waals surface area contributed by atoms with Crippen molar-refractivity contribution in [3.63, 3.8) is 0 Å². The van der Waals surface area contributed by atoms with Gasteiger partial charge in [0.05, 0.1) is 5.41 Å². The Labute approximate surface area is 121 Å². The molecule has 1 aliphatic rings. The van der Waals surface area contributed by atoms with Gasteiger partial charge in [0.25, 0.3) is 0 Å². The van der Waals surface area contributed by atoms with Crippen molar-refractivity contribution in [3.05, 3.63) is 0 Å². The van der Waals surface area contributed by atoms with Gasteiger partial charge in [-0.1, -0.05) is 13.3 Å². The predicted octanol–water partition coefficient (Wildman–Crippen LogP) is 2.71. The van der Waals surface area contributed by atoms with Crippen molar-refractivity contribution in [2.75, 3.05) is 13.1 Å². The molecule has 0 aromatic rings. The molecule has 2 unspecified atom stereocenters. The van der Waals surface area contributed by atoms with E-state index >= 15 is 0 Å². The number of piperidine rings is 1. The van der Waals surface area contributed by atoms with E-state index in [4.69, 9.17) is 0 Å². The molecule has 0 bridgehead atoms. The molecule has 0 spiro atoms. The number of urea groups is 1. The highest BCUT2D eigenvalue weighted by Crippen LogP contribution is 2.34. The van der Waals surface area contributed by atoms with Crippen LogP contribution in [-0.2, 0) is 4.79 Å². The summed E-state index contributed by atoms with van der Waals surface area (Å²) in [6.07, 6.45) is 3.74. The number of carboxylic acids is 1. The molecule has 0 aromatic heterocycles. The average molecular weight is 284 g/mol. The fourth-order valence-electron chi connectivity index (χ4n) is 2.73. The number of hydrogen-bond acceptors (Lipinski definition) is 2. The Balaban J connectivity index is 2.60. The number of carbonyl (C=O) groups is 2. The van der Waals surface area contributed by atoms with Crippen LogP contribution in [0.4, 0.5) is 4.79 Å². The maximum Gasteiger partial charge on any atom is 0.317 e. The number of nitrogens with zero attached hydrogens (tertiary/aromatic N) is 1. The number of likely N-dealkylation sites (tertiary alicyclic amines) is 1. The SMILES string of the molecule is CCCC(C)NC(=O)N1CCCC(C(C)(C)C(=O)O)C1. The largest absolute Gasteiger partial charge is 0.481 e. The summed E-state index contributed by atoms with van der Waals surface area (Å²) in [5.41, 5.74) is -0.784. The van der Waals surface area contributed by atoms with Gasteiger partial charge in [0.1, 0.15) is 0 Å². The van der Waals surface area contributed by atoms with Crippen molar-refractivity contribution in [1.82, 2.24) is 10.2 Å². The highest BCUT2D eigenvalue weighted by atomic mass is 16.4. The molecular weight excluding hydrogens is 256 g/mol. The molecule has 2 atom stereocenters. The molecular formula is C15H28N2O3. The maximum absolute atomic E-state index is 12.2. The Kier molecular flexibility index (Phi) is 5.84. The summed E-state index contributed by atoms with van der Waals surface area (Å²) in [4.78, 5) is 25.3. The molecule has 2 N–H and O–H groups in total. The van der Waals surface area contributed by atoms with E-state index in [9.17, 15) is 14.7 Å². The number of carboxylic acid groups (broad SMARTS) is 1. The molecule has 1 heterocycles. The lowest BCUT2D eigenvalue weighted by atomic mass is 9.74. The van der Waals surface area contributed by atoms with Crippen LogP contribution in [0.25, 0.3) is 0 Å². The first kappa shape index (κ1) is 16.8. The second kappa shape index (κ2) is 6.95. The van der Waals surface area contributed by atoms with Gasteiger partial charge < -0.3 is 15.3 Å². The Hall–Kier alpha value is -1.26. The first-order valence-electron chi connectivity index (χ1n) is 7.57. The second-order valence-corrected chi connectivity index (χ2v) is 6.45. The monoisotopic (exact) mass is 284 g/mol. The molecule has 1 aliphatic heterocycles. The van der Waals surface area contributed by atoms with Crippen LogP contribution in [0.1, 0.15) is 53.4 Å². The van der Waals surface area contributed by atoms with Gasteiger partial charge in [-0.05, 0) is 46.0 Å². The van der Waals surface area contributed by atoms with Crippen LogP contribution in [0.2, 0.25) is 0 Å². The van der Waals surface area contributed by atoms with Crippen molar-refractivity contribution < 1.29 is 14.7 Å². The van der Waals surface area contributed by atoms with Gasteiger partial charge in [-0.25, -0.2) is 4.79 Å². The molecule has 20 heavy (non-hydrogen) atoms. The third-order valence-corrected chi connectivity index (χ3v) is 4.37. The van der Waals surface area contributed by atoms with Crippen molar-refractivity contribution in [1.29, 1.82) is 0 Å². The fourth-order valence-corrected chi connectivity index (χ4v) is 2.73. The average Bonchev–Trinajstić information content (AvgIpc) is 2.38. The molecule has 5 heteroatoms. The Morgan fingerprint density at radius 1 is 1.45 bits per heavy atom. The van der Waals surface area contributed by atoms with Crippen LogP contribution in [0.3, 0.4) is 0 Å². The highest BCUT2D eigenvalue weighted by Gasteiger charge is 2.40. The Morgan fingerprint density at radius 3 is 2.65 bits per heavy atom. The standard InChI is InChI=1S/C15H28N2O3/c1-5-7-11(2)16-14(20)17-9-6-8-12(10-17)15(3,4)13(18)19/h11-12H,5-10H2,1-4H3,(H,16,20)(H,18,19). The number of amides is 2. The summed E-state index contributed by atoms with van der Waals surface area (Å²) in [6, 6.07) is 0.109. The minimum atomic E-state index is -0.788. The van der Waals surface area contributed by atoms with Crippen molar-refractivity contribution in [2.45, 2.75) is 59.4 Å². The summed E-state index contributed by atoms with van der Waals surface area (Å²) in [5, 5.41) is 12.3. The van der Waals surface area contributed by atoms with Crippen molar-refractivity contribution >= 4 is 12.0 Å². The number of nitrogens with one attached hydrogen (secondary N) is 1. The van der Waals surface area contributed by atoms with Gasteiger partial charge in [0, 0.05) is 19.1 Å². The van der Waals surface area contributed by atoms with Gasteiger partial charge >= 0.3 is 12.0 Å². The molecule has 1 saturated heterocycles. The molecule has 5 nitrogen and oxygen atoms in total. The molecule has 0 saturated carbocycles. The lowest BCUT2D eigenvalue weighted by Crippen LogP contribution is -2.51. The van der Waals surface area contributed by atoms with Gasteiger partial charge in [-0.15, -0.1) is 0 Å². The van der Waals surface area contributed by atoms with E-state index in [1.165, 1.54) is 0 Å². The molecule has 2 amide bonds. The fraction of sp³-hybridized carbons (Fsp3) is 0.867. The minimum absolute atomic E-state index is 0.0148. The highest BCUT2D eigenvalue weighted by molar-refractivity contribution is 5.76. The van der Waals surface area contributed by atoms with E-state index in [1.54, 1.807) is 18.7 Å². The molecule has 1 fully saturated rings. The van der Waals surface area contributed by atoms with Gasteiger partial charge in [-0.2, -0.15) is 0 Å². The van der Waals surface area contributed by atoms with Crippen LogP contribution < -0.4 is 5.32 Å². The van der Waals surface area contributed by atoms with Gasteiger partial charge in [0.2, 0.25) is 0 Å². The summed E-state index contributed by atoms with van der Waals surface area (Å²) in [5.74, 6) is -0.773.